The van der Waals surface area contributed by atoms with E-state index in [1.165, 1.54) is 24.3 Å². The molecule has 0 unspecified atom stereocenters. The van der Waals surface area contributed by atoms with E-state index in [9.17, 15) is 8.78 Å². The number of benzene rings is 2. The van der Waals surface area contributed by atoms with Crippen molar-refractivity contribution < 1.29 is 13.4 Å². The lowest BCUT2D eigenvalue weighted by Gasteiger charge is -2.15. The molecule has 2 nitrogen and oxygen atoms in total. The summed E-state index contributed by atoms with van der Waals surface area (Å²) in [5.41, 5.74) is 6.72. The summed E-state index contributed by atoms with van der Waals surface area (Å²) < 4.78 is 32.2. The molecule has 0 fully saturated rings. The van der Waals surface area contributed by atoms with Gasteiger partial charge in [0.2, 0.25) is 0 Å². The molecule has 7 heteroatoms. The van der Waals surface area contributed by atoms with Crippen LogP contribution in [0.4, 0.5) is 8.78 Å². The van der Waals surface area contributed by atoms with Crippen LogP contribution in [0.5, 0.6) is 0 Å². The molecule has 2 aromatic rings. The molecule has 0 aromatic heterocycles. The van der Waals surface area contributed by atoms with Crippen molar-refractivity contribution in [3.63, 3.8) is 0 Å². The van der Waals surface area contributed by atoms with Gasteiger partial charge in [-0.15, -0.1) is 0 Å². The highest BCUT2D eigenvalue weighted by molar-refractivity contribution is 6.80. The number of hydrogen-bond acceptors (Lipinski definition) is 2. The summed E-state index contributed by atoms with van der Waals surface area (Å²) in [5, 5.41) is -0.0240. The maximum absolute atomic E-state index is 13.3. The van der Waals surface area contributed by atoms with Gasteiger partial charge in [-0.3, -0.25) is 0 Å². The zero-order chi connectivity index (χ0) is 15.4. The lowest BCUT2D eigenvalue weighted by Crippen LogP contribution is -2.46. The first-order valence-electron chi connectivity index (χ1n) is 6.24. The van der Waals surface area contributed by atoms with E-state index < -0.39 is 18.6 Å². The molecule has 0 aliphatic heterocycles. The number of hydrogen-bond donors (Lipinski definition) is 1. The Morgan fingerprint density at radius 1 is 0.952 bits per heavy atom. The van der Waals surface area contributed by atoms with Crippen LogP contribution in [0.15, 0.2) is 36.4 Å². The fourth-order valence-corrected chi connectivity index (χ4v) is 2.30. The molecule has 110 valence electrons. The summed E-state index contributed by atoms with van der Waals surface area (Å²) in [6, 6.07) is 8.55. The molecule has 0 saturated carbocycles. The van der Waals surface area contributed by atoms with Gasteiger partial charge in [-0.25, -0.2) is 8.78 Å². The van der Waals surface area contributed by atoms with Crippen LogP contribution in [0, 0.1) is 11.6 Å². The normalized spacial score (nSPS) is 10.7. The van der Waals surface area contributed by atoms with Crippen molar-refractivity contribution in [2.24, 2.45) is 5.73 Å². The Bertz CT molecular complexity index is 591. The maximum atomic E-state index is 13.3. The Morgan fingerprint density at radius 2 is 1.43 bits per heavy atom. The Hall–Kier alpha value is -1.14. The molecule has 0 atom stereocenters. The minimum atomic E-state index is -0.551. The fraction of sp³-hybridized carbons (Fsp3) is 0.143. The molecule has 2 rings (SSSR count). The third-order valence-corrected chi connectivity index (χ3v) is 3.47. The molecule has 0 heterocycles. The second-order valence-electron chi connectivity index (χ2n) is 4.39. The molecular formula is C14H12BCl2F2NO. The molecule has 0 bridgehead atoms. The molecule has 0 saturated heterocycles. The van der Waals surface area contributed by atoms with E-state index in [0.29, 0.717) is 17.5 Å². The molecule has 0 amide bonds. The Morgan fingerprint density at radius 3 is 1.81 bits per heavy atom. The largest absolute Gasteiger partial charge is 0.426 e. The van der Waals surface area contributed by atoms with E-state index in [2.05, 4.69) is 0 Å². The van der Waals surface area contributed by atoms with E-state index in [4.69, 9.17) is 33.6 Å². The van der Waals surface area contributed by atoms with Crippen LogP contribution >= 0.6 is 23.2 Å². The second kappa shape index (κ2) is 7.23. The highest BCUT2D eigenvalue weighted by atomic mass is 35.5. The zero-order valence-electron chi connectivity index (χ0n) is 11.0. The molecule has 0 aliphatic carbocycles. The molecule has 2 aromatic carbocycles. The Balaban J connectivity index is 2.41. The quantitative estimate of drug-likeness (QED) is 0.855. The van der Waals surface area contributed by atoms with Crippen LogP contribution in [-0.4, -0.2) is 20.1 Å². The van der Waals surface area contributed by atoms with Gasteiger partial charge in [0.05, 0.1) is 10.0 Å². The van der Waals surface area contributed by atoms with Crippen LogP contribution in [0.2, 0.25) is 10.0 Å². The summed E-state index contributed by atoms with van der Waals surface area (Å²) in [6.07, 6.45) is 0. The van der Waals surface area contributed by atoms with E-state index in [1.807, 2.05) is 0 Å². The van der Waals surface area contributed by atoms with E-state index in [-0.39, 0.29) is 16.7 Å². The van der Waals surface area contributed by atoms with Gasteiger partial charge in [0.1, 0.15) is 11.6 Å². The second-order valence-corrected chi connectivity index (χ2v) is 5.20. The van der Waals surface area contributed by atoms with Gasteiger partial charge in [0.25, 0.3) is 0 Å². The summed E-state index contributed by atoms with van der Waals surface area (Å²) in [5.74, 6) is -1.04. The van der Waals surface area contributed by atoms with Gasteiger partial charge < -0.3 is 10.4 Å². The number of nitrogens with two attached hydrogens (primary N) is 1. The standard InChI is InChI=1S/C14H12BCl2F2NO/c16-11-7-9(1-3-13(11)18)15(21-6-5-20)10-2-4-14(19)12(17)8-10/h1-4,7-8H,5-6,20H2. The molecule has 0 radical (unpaired) electrons. The van der Waals surface area contributed by atoms with Crippen LogP contribution in [0.3, 0.4) is 0 Å². The SMILES string of the molecule is NCCOB(c1ccc(F)c(Cl)c1)c1ccc(F)c(Cl)c1. The van der Waals surface area contributed by atoms with Crippen molar-refractivity contribution in [2.45, 2.75) is 0 Å². The minimum Gasteiger partial charge on any atom is -0.426 e. The zero-order valence-corrected chi connectivity index (χ0v) is 12.5. The Labute approximate surface area is 131 Å². The third-order valence-electron chi connectivity index (χ3n) is 2.90. The summed E-state index contributed by atoms with van der Waals surface area (Å²) in [7, 11) is 0. The van der Waals surface area contributed by atoms with Crippen molar-refractivity contribution >= 4 is 41.0 Å². The first kappa shape index (κ1) is 16.2. The van der Waals surface area contributed by atoms with Crippen LogP contribution in [-0.2, 0) is 4.65 Å². The van der Waals surface area contributed by atoms with Gasteiger partial charge in [-0.05, 0) is 35.2 Å². The average molecular weight is 330 g/mol. The lowest BCUT2D eigenvalue weighted by molar-refractivity contribution is 0.344. The monoisotopic (exact) mass is 329 g/mol. The van der Waals surface area contributed by atoms with E-state index in [0.717, 1.165) is 0 Å². The smallest absolute Gasteiger partial charge is 0.361 e. The van der Waals surface area contributed by atoms with Gasteiger partial charge >= 0.3 is 6.92 Å². The Kier molecular flexibility index (Phi) is 5.59. The van der Waals surface area contributed by atoms with Crippen molar-refractivity contribution in [2.75, 3.05) is 13.2 Å². The van der Waals surface area contributed by atoms with Crippen molar-refractivity contribution in [1.29, 1.82) is 0 Å². The highest BCUT2D eigenvalue weighted by Gasteiger charge is 2.23. The minimum absolute atomic E-state index is 0.0120. The molecule has 2 N–H and O–H groups in total. The van der Waals surface area contributed by atoms with Crippen LogP contribution in [0.25, 0.3) is 0 Å². The first-order valence-corrected chi connectivity index (χ1v) is 7.00. The first-order chi connectivity index (χ1) is 10.0. The summed E-state index contributed by atoms with van der Waals surface area (Å²) in [4.78, 5) is 0. The van der Waals surface area contributed by atoms with Crippen molar-refractivity contribution in [3.05, 3.63) is 58.1 Å². The average Bonchev–Trinajstić information content (AvgIpc) is 2.46. The predicted molar refractivity (Wildman–Crippen MR) is 82.8 cm³/mol. The van der Waals surface area contributed by atoms with E-state index in [1.54, 1.807) is 12.1 Å². The third kappa shape index (κ3) is 3.95. The molecule has 0 aliphatic rings. The van der Waals surface area contributed by atoms with Crippen molar-refractivity contribution in [3.8, 4) is 0 Å². The number of rotatable bonds is 5. The molecule has 21 heavy (non-hydrogen) atoms. The predicted octanol–water partition coefficient (Wildman–Crippen LogP) is 2.35. The maximum Gasteiger partial charge on any atom is 0.361 e. The number of halogens is 4. The highest BCUT2D eigenvalue weighted by Crippen LogP contribution is 2.14. The summed E-state index contributed by atoms with van der Waals surface area (Å²) in [6.45, 7) is 0.0550. The van der Waals surface area contributed by atoms with Gasteiger partial charge in [-0.1, -0.05) is 35.3 Å². The van der Waals surface area contributed by atoms with Crippen molar-refractivity contribution in [1.82, 2.24) is 0 Å². The van der Waals surface area contributed by atoms with Gasteiger partial charge in [0, 0.05) is 13.2 Å². The van der Waals surface area contributed by atoms with Gasteiger partial charge in [-0.2, -0.15) is 0 Å². The summed E-state index contributed by atoms with van der Waals surface area (Å²) >= 11 is 11.6. The molecular weight excluding hydrogens is 318 g/mol. The van der Waals surface area contributed by atoms with Crippen LogP contribution < -0.4 is 16.7 Å². The topological polar surface area (TPSA) is 35.2 Å². The molecule has 0 spiro atoms. The fourth-order valence-electron chi connectivity index (χ4n) is 1.92. The van der Waals surface area contributed by atoms with Crippen LogP contribution in [0.1, 0.15) is 0 Å². The lowest BCUT2D eigenvalue weighted by atomic mass is 9.55. The van der Waals surface area contributed by atoms with Gasteiger partial charge in [0.15, 0.2) is 0 Å². The van der Waals surface area contributed by atoms with E-state index >= 15 is 0 Å².